The van der Waals surface area contributed by atoms with Crippen molar-refractivity contribution >= 4 is 32.7 Å². The Hall–Kier alpha value is -1.69. The number of hydrogen-bond acceptors (Lipinski definition) is 3. The summed E-state index contributed by atoms with van der Waals surface area (Å²) in [6.07, 6.45) is 4.70. The Kier molecular flexibility index (Phi) is 4.05. The van der Waals surface area contributed by atoms with Crippen LogP contribution in [0.4, 0.5) is 0 Å². The Morgan fingerprint density at radius 3 is 2.86 bits per heavy atom. The summed E-state index contributed by atoms with van der Waals surface area (Å²) in [5.41, 5.74) is 0.608. The first-order chi connectivity index (χ1) is 10.1. The summed E-state index contributed by atoms with van der Waals surface area (Å²) in [6, 6.07) is 5.37. The number of carbonyl (C=O) groups excluding carboxylic acids is 1. The van der Waals surface area contributed by atoms with Crippen LogP contribution in [-0.2, 0) is 11.3 Å². The average molecular weight is 350 g/mol. The first-order valence-electron chi connectivity index (χ1n) is 7.08. The van der Waals surface area contributed by atoms with Gasteiger partial charge in [0.25, 0.3) is 12.5 Å². The van der Waals surface area contributed by atoms with E-state index in [4.69, 9.17) is 0 Å². The zero-order valence-electron chi connectivity index (χ0n) is 11.6. The Morgan fingerprint density at radius 2 is 2.10 bits per heavy atom. The predicted octanol–water partition coefficient (Wildman–Crippen LogP) is 1.37. The molecule has 1 aromatic carbocycles. The lowest BCUT2D eigenvalue weighted by molar-refractivity contribution is -0.742. The van der Waals surface area contributed by atoms with Gasteiger partial charge < -0.3 is 10.0 Å². The molecule has 0 atom stereocenters. The van der Waals surface area contributed by atoms with Crippen molar-refractivity contribution in [2.45, 2.75) is 25.8 Å². The van der Waals surface area contributed by atoms with Crippen LogP contribution in [0.15, 0.2) is 28.9 Å². The molecule has 1 aromatic heterocycles. The van der Waals surface area contributed by atoms with Gasteiger partial charge in [0.05, 0.1) is 0 Å². The quantitative estimate of drug-likeness (QED) is 0.769. The number of hydrogen-bond donors (Lipinski definition) is 0. The molecule has 5 nitrogen and oxygen atoms in total. The first-order valence-corrected chi connectivity index (χ1v) is 7.87. The standard InChI is InChI=1S/C15H16BrN3O2/c16-11-4-5-13-12(8-11)14(20)9-19(17-13)10-15(21)18-6-2-1-3-7-18/h4-5,8-9H,1-3,6-7,10H2. The van der Waals surface area contributed by atoms with Crippen molar-refractivity contribution in [1.82, 2.24) is 10.00 Å². The third-order valence-electron chi connectivity index (χ3n) is 3.73. The number of rotatable bonds is 2. The predicted molar refractivity (Wildman–Crippen MR) is 79.5 cm³/mol. The van der Waals surface area contributed by atoms with Crippen molar-refractivity contribution in [3.63, 3.8) is 0 Å². The average Bonchev–Trinajstić information content (AvgIpc) is 2.49. The van der Waals surface area contributed by atoms with Gasteiger partial charge in [-0.1, -0.05) is 20.6 Å². The van der Waals surface area contributed by atoms with Gasteiger partial charge >= 0.3 is 0 Å². The van der Waals surface area contributed by atoms with Crippen LogP contribution in [0.3, 0.4) is 0 Å². The van der Waals surface area contributed by atoms with Crippen LogP contribution < -0.4 is 9.79 Å². The van der Waals surface area contributed by atoms with Crippen LogP contribution in [0.1, 0.15) is 19.3 Å². The molecule has 2 aromatic rings. The molecule has 2 heterocycles. The molecule has 1 amide bonds. The van der Waals surface area contributed by atoms with Gasteiger partial charge in [-0.3, -0.25) is 4.79 Å². The number of piperidine rings is 1. The number of aromatic nitrogens is 2. The van der Waals surface area contributed by atoms with E-state index >= 15 is 0 Å². The third-order valence-corrected chi connectivity index (χ3v) is 4.23. The highest BCUT2D eigenvalue weighted by Crippen LogP contribution is 2.22. The highest BCUT2D eigenvalue weighted by atomic mass is 79.9. The maximum Gasteiger partial charge on any atom is 0.291 e. The number of likely N-dealkylation sites (tertiary alicyclic amines) is 1. The van der Waals surface area contributed by atoms with Gasteiger partial charge in [0.15, 0.2) is 6.20 Å². The lowest BCUT2D eigenvalue weighted by Gasteiger charge is -2.25. The van der Waals surface area contributed by atoms with E-state index in [1.807, 2.05) is 11.0 Å². The highest BCUT2D eigenvalue weighted by Gasteiger charge is 2.21. The molecule has 0 saturated carbocycles. The molecule has 6 heteroatoms. The van der Waals surface area contributed by atoms with Gasteiger partial charge in [0, 0.05) is 28.0 Å². The van der Waals surface area contributed by atoms with E-state index in [9.17, 15) is 9.90 Å². The molecule has 21 heavy (non-hydrogen) atoms. The minimum atomic E-state index is -0.118. The molecule has 110 valence electrons. The number of nitrogens with zero attached hydrogens (tertiary/aromatic N) is 3. The highest BCUT2D eigenvalue weighted by molar-refractivity contribution is 9.10. The minimum absolute atomic E-state index is 0.0306. The van der Waals surface area contributed by atoms with Crippen molar-refractivity contribution in [1.29, 1.82) is 0 Å². The molecule has 1 fully saturated rings. The third kappa shape index (κ3) is 3.15. The summed E-state index contributed by atoms with van der Waals surface area (Å²) >= 11 is 3.34. The van der Waals surface area contributed by atoms with Gasteiger partial charge in [0.2, 0.25) is 0 Å². The summed E-state index contributed by atoms with van der Waals surface area (Å²) in [6.45, 7) is 1.75. The number of benzene rings is 1. The summed E-state index contributed by atoms with van der Waals surface area (Å²) in [5, 5.41) is 17.0. The van der Waals surface area contributed by atoms with Gasteiger partial charge in [-0.25, -0.2) is 0 Å². The van der Waals surface area contributed by atoms with Crippen molar-refractivity contribution in [2.75, 3.05) is 13.1 Å². The molecule has 0 radical (unpaired) electrons. The summed E-state index contributed by atoms with van der Waals surface area (Å²) < 4.78 is 2.30. The van der Waals surface area contributed by atoms with Crippen LogP contribution in [-0.4, -0.2) is 29.0 Å². The number of halogens is 1. The second-order valence-corrected chi connectivity index (χ2v) is 6.21. The fraction of sp³-hybridized carbons (Fsp3) is 0.400. The Bertz CT molecular complexity index is 684. The smallest absolute Gasteiger partial charge is 0.291 e. The zero-order chi connectivity index (χ0) is 14.8. The lowest BCUT2D eigenvalue weighted by Crippen LogP contribution is -2.48. The zero-order valence-corrected chi connectivity index (χ0v) is 13.2. The van der Waals surface area contributed by atoms with E-state index in [1.165, 1.54) is 17.3 Å². The Balaban J connectivity index is 1.84. The van der Waals surface area contributed by atoms with E-state index in [-0.39, 0.29) is 18.2 Å². The summed E-state index contributed by atoms with van der Waals surface area (Å²) in [7, 11) is 0. The second kappa shape index (κ2) is 5.97. The SMILES string of the molecule is O=C(C[n+]1cc([O-])c2cc(Br)ccc2n1)N1CCCCC1. The minimum Gasteiger partial charge on any atom is -0.868 e. The van der Waals surface area contributed by atoms with E-state index in [0.717, 1.165) is 30.4 Å². The maximum atomic E-state index is 12.2. The maximum absolute atomic E-state index is 12.2. The molecule has 1 aliphatic heterocycles. The van der Waals surface area contributed by atoms with Gasteiger partial charge in [-0.2, -0.15) is 0 Å². The molecule has 1 aliphatic rings. The Morgan fingerprint density at radius 1 is 1.33 bits per heavy atom. The van der Waals surface area contributed by atoms with E-state index in [1.54, 1.807) is 12.1 Å². The molecular formula is C15H16BrN3O2. The topological polar surface area (TPSA) is 60.1 Å². The molecule has 0 unspecified atom stereocenters. The number of carbonyl (C=O) groups is 1. The molecule has 1 saturated heterocycles. The monoisotopic (exact) mass is 349 g/mol. The van der Waals surface area contributed by atoms with Gasteiger partial charge in [-0.05, 0) is 43.2 Å². The molecule has 0 bridgehead atoms. The largest absolute Gasteiger partial charge is 0.868 e. The summed E-state index contributed by atoms with van der Waals surface area (Å²) in [5.74, 6) is -0.0872. The molecule has 0 aliphatic carbocycles. The summed E-state index contributed by atoms with van der Waals surface area (Å²) in [4.78, 5) is 14.1. The molecule has 3 rings (SSSR count). The van der Waals surface area contributed by atoms with Crippen molar-refractivity contribution < 1.29 is 14.6 Å². The van der Waals surface area contributed by atoms with Crippen molar-refractivity contribution in [2.24, 2.45) is 0 Å². The van der Waals surface area contributed by atoms with Crippen LogP contribution in [0, 0.1) is 0 Å². The second-order valence-electron chi connectivity index (χ2n) is 5.29. The number of amides is 1. The van der Waals surface area contributed by atoms with Crippen LogP contribution in [0.25, 0.3) is 10.9 Å². The van der Waals surface area contributed by atoms with E-state index < -0.39 is 0 Å². The first kappa shape index (κ1) is 14.3. The lowest BCUT2D eigenvalue weighted by atomic mass is 10.1. The fourth-order valence-electron chi connectivity index (χ4n) is 2.63. The Labute approximate surface area is 131 Å². The van der Waals surface area contributed by atoms with Gasteiger partial charge in [-0.15, -0.1) is 0 Å². The van der Waals surface area contributed by atoms with E-state index in [2.05, 4.69) is 21.0 Å². The number of fused-ring (bicyclic) bond motifs is 1. The molecule has 0 N–H and O–H groups in total. The molecular weight excluding hydrogens is 334 g/mol. The van der Waals surface area contributed by atoms with Crippen LogP contribution in [0.5, 0.6) is 5.75 Å². The van der Waals surface area contributed by atoms with E-state index in [0.29, 0.717) is 10.9 Å². The van der Waals surface area contributed by atoms with Crippen molar-refractivity contribution in [3.8, 4) is 5.75 Å². The normalized spacial score (nSPS) is 15.4. The van der Waals surface area contributed by atoms with Crippen molar-refractivity contribution in [3.05, 3.63) is 28.9 Å². The fourth-order valence-corrected chi connectivity index (χ4v) is 2.99. The molecule has 0 spiro atoms. The van der Waals surface area contributed by atoms with Crippen LogP contribution >= 0.6 is 15.9 Å². The van der Waals surface area contributed by atoms with Gasteiger partial charge in [0.1, 0.15) is 5.52 Å². The van der Waals surface area contributed by atoms with Crippen LogP contribution in [0.2, 0.25) is 0 Å².